The molecule has 0 amide bonds. The number of rotatable bonds is 5. The van der Waals surface area contributed by atoms with E-state index in [1.165, 1.54) is 0 Å². The Balaban J connectivity index is 2.99. The van der Waals surface area contributed by atoms with Gasteiger partial charge >= 0.3 is 0 Å². The first-order valence-electron chi connectivity index (χ1n) is 5.38. The zero-order valence-corrected chi connectivity index (χ0v) is 11.5. The molecule has 0 aliphatic heterocycles. The third-order valence-corrected chi connectivity index (χ3v) is 2.97. The van der Waals surface area contributed by atoms with Crippen molar-refractivity contribution in [1.29, 1.82) is 0 Å². The second-order valence-electron chi connectivity index (χ2n) is 4.24. The van der Waals surface area contributed by atoms with Crippen LogP contribution in [0.15, 0.2) is 22.7 Å². The van der Waals surface area contributed by atoms with Crippen LogP contribution in [0.1, 0.15) is 31.9 Å². The predicted molar refractivity (Wildman–Crippen MR) is 70.2 cm³/mol. The molecule has 16 heavy (non-hydrogen) atoms. The second-order valence-corrected chi connectivity index (χ2v) is 5.15. The molecule has 0 spiro atoms. The van der Waals surface area contributed by atoms with Gasteiger partial charge in [0, 0.05) is 16.1 Å². The van der Waals surface area contributed by atoms with Crippen LogP contribution in [0.3, 0.4) is 0 Å². The van der Waals surface area contributed by atoms with Crippen molar-refractivity contribution in [2.45, 2.75) is 26.3 Å². The van der Waals surface area contributed by atoms with Gasteiger partial charge in [0.05, 0.1) is 7.11 Å². The summed E-state index contributed by atoms with van der Waals surface area (Å²) in [4.78, 5) is 0. The van der Waals surface area contributed by atoms with E-state index in [0.717, 1.165) is 22.2 Å². The lowest BCUT2D eigenvalue weighted by Gasteiger charge is -2.20. The van der Waals surface area contributed by atoms with Gasteiger partial charge in [0.1, 0.15) is 5.75 Å². The lowest BCUT2D eigenvalue weighted by atomic mass is 9.97. The molecule has 1 unspecified atom stereocenters. The Hall–Kier alpha value is -0.580. The number of hydrazine groups is 1. The predicted octanol–water partition coefficient (Wildman–Crippen LogP) is 3.01. The summed E-state index contributed by atoms with van der Waals surface area (Å²) < 4.78 is 6.37. The molecule has 4 heteroatoms. The van der Waals surface area contributed by atoms with Crippen LogP contribution >= 0.6 is 15.9 Å². The Morgan fingerprint density at radius 2 is 2.12 bits per heavy atom. The number of nitrogens with one attached hydrogen (secondary N) is 1. The molecule has 0 aliphatic carbocycles. The van der Waals surface area contributed by atoms with E-state index < -0.39 is 0 Å². The monoisotopic (exact) mass is 286 g/mol. The Bertz CT molecular complexity index is 342. The molecule has 0 bridgehead atoms. The molecule has 0 aliphatic rings. The van der Waals surface area contributed by atoms with Crippen LogP contribution in [-0.2, 0) is 0 Å². The summed E-state index contributed by atoms with van der Waals surface area (Å²) in [5, 5.41) is 0. The van der Waals surface area contributed by atoms with Crippen molar-refractivity contribution in [3.8, 4) is 5.75 Å². The summed E-state index contributed by atoms with van der Waals surface area (Å²) in [6.45, 7) is 4.35. The van der Waals surface area contributed by atoms with Gasteiger partial charge in [0.15, 0.2) is 0 Å². The van der Waals surface area contributed by atoms with Crippen molar-refractivity contribution in [2.24, 2.45) is 11.8 Å². The van der Waals surface area contributed by atoms with Crippen LogP contribution in [0.4, 0.5) is 0 Å². The first kappa shape index (κ1) is 13.5. The summed E-state index contributed by atoms with van der Waals surface area (Å²) in [5.74, 6) is 7.03. The Labute approximate surface area is 105 Å². The van der Waals surface area contributed by atoms with Crippen LogP contribution in [0.5, 0.6) is 5.75 Å². The van der Waals surface area contributed by atoms with Crippen LogP contribution in [0.2, 0.25) is 0 Å². The van der Waals surface area contributed by atoms with Crippen molar-refractivity contribution in [1.82, 2.24) is 5.43 Å². The normalized spacial score (nSPS) is 12.9. The molecule has 0 saturated carbocycles. The van der Waals surface area contributed by atoms with Gasteiger partial charge in [-0.25, -0.2) is 0 Å². The van der Waals surface area contributed by atoms with Gasteiger partial charge in [-0.2, -0.15) is 0 Å². The van der Waals surface area contributed by atoms with Gasteiger partial charge in [-0.1, -0.05) is 35.8 Å². The van der Waals surface area contributed by atoms with Crippen molar-refractivity contribution < 1.29 is 4.74 Å². The van der Waals surface area contributed by atoms with E-state index in [0.29, 0.717) is 5.92 Å². The third-order valence-electron chi connectivity index (χ3n) is 2.48. The molecule has 0 aromatic heterocycles. The molecule has 1 atom stereocenters. The zero-order valence-electron chi connectivity index (χ0n) is 9.96. The SMILES string of the molecule is COc1cc(Br)ccc1C(CC(C)C)NN. The van der Waals surface area contributed by atoms with Crippen molar-refractivity contribution in [3.63, 3.8) is 0 Å². The maximum Gasteiger partial charge on any atom is 0.124 e. The van der Waals surface area contributed by atoms with E-state index in [4.69, 9.17) is 10.6 Å². The quantitative estimate of drug-likeness (QED) is 0.646. The summed E-state index contributed by atoms with van der Waals surface area (Å²) >= 11 is 3.43. The summed E-state index contributed by atoms with van der Waals surface area (Å²) in [6, 6.07) is 6.13. The van der Waals surface area contributed by atoms with Gasteiger partial charge in [-0.3, -0.25) is 11.3 Å². The minimum Gasteiger partial charge on any atom is -0.496 e. The van der Waals surface area contributed by atoms with Crippen molar-refractivity contribution in [2.75, 3.05) is 7.11 Å². The maximum absolute atomic E-state index is 5.60. The summed E-state index contributed by atoms with van der Waals surface area (Å²) in [5.41, 5.74) is 3.95. The molecule has 90 valence electrons. The molecule has 0 fully saturated rings. The Morgan fingerprint density at radius 3 is 2.62 bits per heavy atom. The van der Waals surface area contributed by atoms with Gasteiger partial charge in [0.2, 0.25) is 0 Å². The Morgan fingerprint density at radius 1 is 1.44 bits per heavy atom. The topological polar surface area (TPSA) is 47.3 Å². The average Bonchev–Trinajstić information content (AvgIpc) is 2.25. The van der Waals surface area contributed by atoms with Crippen LogP contribution in [-0.4, -0.2) is 7.11 Å². The molecule has 1 aromatic rings. The van der Waals surface area contributed by atoms with E-state index in [2.05, 4.69) is 35.2 Å². The van der Waals surface area contributed by atoms with Crippen molar-refractivity contribution in [3.05, 3.63) is 28.2 Å². The molecule has 0 radical (unpaired) electrons. The fraction of sp³-hybridized carbons (Fsp3) is 0.500. The van der Waals surface area contributed by atoms with Gasteiger partial charge in [-0.15, -0.1) is 0 Å². The Kier molecular flexibility index (Phi) is 5.25. The number of nitrogens with two attached hydrogens (primary N) is 1. The van der Waals surface area contributed by atoms with E-state index in [1.54, 1.807) is 7.11 Å². The molecular formula is C12H19BrN2O. The minimum absolute atomic E-state index is 0.128. The molecule has 3 N–H and O–H groups in total. The average molecular weight is 287 g/mol. The van der Waals surface area contributed by atoms with Crippen LogP contribution in [0, 0.1) is 5.92 Å². The zero-order chi connectivity index (χ0) is 12.1. The fourth-order valence-electron chi connectivity index (χ4n) is 1.73. The lowest BCUT2D eigenvalue weighted by Crippen LogP contribution is -2.29. The molecule has 3 nitrogen and oxygen atoms in total. The highest BCUT2D eigenvalue weighted by atomic mass is 79.9. The first-order valence-corrected chi connectivity index (χ1v) is 6.17. The summed E-state index contributed by atoms with van der Waals surface area (Å²) in [7, 11) is 1.67. The highest BCUT2D eigenvalue weighted by molar-refractivity contribution is 9.10. The molecule has 0 heterocycles. The number of hydrogen-bond acceptors (Lipinski definition) is 3. The number of methoxy groups -OCH3 is 1. The molecule has 1 rings (SSSR count). The largest absolute Gasteiger partial charge is 0.496 e. The summed E-state index contributed by atoms with van der Waals surface area (Å²) in [6.07, 6.45) is 0.981. The van der Waals surface area contributed by atoms with Gasteiger partial charge in [0.25, 0.3) is 0 Å². The minimum atomic E-state index is 0.128. The number of ether oxygens (including phenoxy) is 1. The number of halogens is 1. The highest BCUT2D eigenvalue weighted by Crippen LogP contribution is 2.31. The maximum atomic E-state index is 5.60. The standard InChI is InChI=1S/C12H19BrN2O/c1-8(2)6-11(15-14)10-5-4-9(13)7-12(10)16-3/h4-5,7-8,11,15H,6,14H2,1-3H3. The van der Waals surface area contributed by atoms with Crippen LogP contribution in [0.25, 0.3) is 0 Å². The van der Waals surface area contributed by atoms with Gasteiger partial charge < -0.3 is 4.74 Å². The number of hydrogen-bond donors (Lipinski definition) is 2. The smallest absolute Gasteiger partial charge is 0.124 e. The first-order chi connectivity index (χ1) is 7.58. The number of benzene rings is 1. The van der Waals surface area contributed by atoms with Crippen molar-refractivity contribution >= 4 is 15.9 Å². The lowest BCUT2D eigenvalue weighted by molar-refractivity contribution is 0.383. The fourth-order valence-corrected chi connectivity index (χ4v) is 2.07. The van der Waals surface area contributed by atoms with E-state index in [1.807, 2.05) is 18.2 Å². The van der Waals surface area contributed by atoms with E-state index in [-0.39, 0.29) is 6.04 Å². The molecule has 1 aromatic carbocycles. The van der Waals surface area contributed by atoms with E-state index >= 15 is 0 Å². The molecule has 0 saturated heterocycles. The van der Waals surface area contributed by atoms with E-state index in [9.17, 15) is 0 Å². The highest BCUT2D eigenvalue weighted by Gasteiger charge is 2.16. The van der Waals surface area contributed by atoms with Crippen LogP contribution < -0.4 is 16.0 Å². The van der Waals surface area contributed by atoms with Gasteiger partial charge in [-0.05, 0) is 24.5 Å². The second kappa shape index (κ2) is 6.23. The third kappa shape index (κ3) is 3.47. The molecular weight excluding hydrogens is 268 g/mol.